The Bertz CT molecular complexity index is 535. The number of methoxy groups -OCH3 is 1. The van der Waals surface area contributed by atoms with Crippen LogP contribution in [0.5, 0.6) is 5.75 Å². The maximum Gasteiger partial charge on any atom is 0.239 e. The van der Waals surface area contributed by atoms with E-state index in [2.05, 4.69) is 4.90 Å². The number of hydrogen-bond donors (Lipinski definition) is 1. The van der Waals surface area contributed by atoms with Gasteiger partial charge in [0.05, 0.1) is 13.2 Å². The van der Waals surface area contributed by atoms with Crippen molar-refractivity contribution < 1.29 is 9.53 Å². The van der Waals surface area contributed by atoms with Crippen LogP contribution in [0.15, 0.2) is 18.2 Å². The number of benzene rings is 1. The number of ether oxygens (including phenoxy) is 1. The molecule has 1 unspecified atom stereocenters. The van der Waals surface area contributed by atoms with Crippen molar-refractivity contribution in [2.24, 2.45) is 5.73 Å². The summed E-state index contributed by atoms with van der Waals surface area (Å²) < 4.78 is 5.39. The Kier molecular flexibility index (Phi) is 8.84. The number of piperazine rings is 1. The highest BCUT2D eigenvalue weighted by Gasteiger charge is 2.25. The van der Waals surface area contributed by atoms with Gasteiger partial charge in [0.2, 0.25) is 5.91 Å². The summed E-state index contributed by atoms with van der Waals surface area (Å²) in [7, 11) is 1.67. The molecule has 0 bridgehead atoms. The number of nitrogens with zero attached hydrogens (tertiary/aromatic N) is 2. The molecule has 0 radical (unpaired) electrons. The fourth-order valence-corrected chi connectivity index (χ4v) is 3.10. The second kappa shape index (κ2) is 10.1. The molecule has 0 saturated carbocycles. The first kappa shape index (κ1) is 21.0. The molecule has 2 N–H and O–H groups in total. The zero-order valence-electron chi connectivity index (χ0n) is 14.3. The minimum atomic E-state index is -0.362. The van der Waals surface area contributed by atoms with Gasteiger partial charge in [-0.2, -0.15) is 0 Å². The molecule has 1 amide bonds. The lowest BCUT2D eigenvalue weighted by Crippen LogP contribution is -2.52. The topological polar surface area (TPSA) is 58.8 Å². The van der Waals surface area contributed by atoms with Crippen LogP contribution in [0.3, 0.4) is 0 Å². The molecule has 0 spiro atoms. The third kappa shape index (κ3) is 5.52. The van der Waals surface area contributed by atoms with E-state index in [0.29, 0.717) is 5.02 Å². The van der Waals surface area contributed by atoms with Crippen molar-refractivity contribution in [3.63, 3.8) is 0 Å². The van der Waals surface area contributed by atoms with Crippen molar-refractivity contribution in [2.75, 3.05) is 33.3 Å². The van der Waals surface area contributed by atoms with Gasteiger partial charge in [-0.25, -0.2) is 0 Å². The summed E-state index contributed by atoms with van der Waals surface area (Å²) in [6, 6.07) is 5.30. The highest BCUT2D eigenvalue weighted by molar-refractivity contribution is 6.30. The summed E-state index contributed by atoms with van der Waals surface area (Å²) in [6.07, 6.45) is 1.68. The summed E-state index contributed by atoms with van der Waals surface area (Å²) in [5.74, 6) is 0.921. The van der Waals surface area contributed by atoms with Crippen LogP contribution in [0, 0.1) is 0 Å². The smallest absolute Gasteiger partial charge is 0.239 e. The van der Waals surface area contributed by atoms with Gasteiger partial charge in [0.1, 0.15) is 5.75 Å². The Morgan fingerprint density at radius 2 is 2.00 bits per heavy atom. The SMILES string of the molecule is CCCC(N)C(=O)N1CCN(Cc2cc(Cl)ccc2OC)CC1.Cl. The first-order valence-corrected chi connectivity index (χ1v) is 8.52. The van der Waals surface area contributed by atoms with Crippen molar-refractivity contribution in [1.82, 2.24) is 9.80 Å². The van der Waals surface area contributed by atoms with Gasteiger partial charge >= 0.3 is 0 Å². The van der Waals surface area contributed by atoms with Gasteiger partial charge in [-0.3, -0.25) is 9.69 Å². The van der Waals surface area contributed by atoms with E-state index in [1.165, 1.54) is 0 Å². The quantitative estimate of drug-likeness (QED) is 0.829. The molecule has 1 atom stereocenters. The van der Waals surface area contributed by atoms with Gasteiger partial charge in [0, 0.05) is 43.3 Å². The Morgan fingerprint density at radius 3 is 2.58 bits per heavy atom. The maximum atomic E-state index is 12.2. The summed E-state index contributed by atoms with van der Waals surface area (Å²) in [5, 5.41) is 0.708. The summed E-state index contributed by atoms with van der Waals surface area (Å²) in [5.41, 5.74) is 7.01. The van der Waals surface area contributed by atoms with E-state index in [1.807, 2.05) is 30.0 Å². The molecule has 136 valence electrons. The van der Waals surface area contributed by atoms with E-state index in [1.54, 1.807) is 7.11 Å². The number of amides is 1. The Balaban J connectivity index is 0.00000288. The van der Waals surface area contributed by atoms with E-state index < -0.39 is 0 Å². The van der Waals surface area contributed by atoms with Crippen molar-refractivity contribution in [3.8, 4) is 5.75 Å². The van der Waals surface area contributed by atoms with Crippen LogP contribution >= 0.6 is 24.0 Å². The van der Waals surface area contributed by atoms with E-state index in [-0.39, 0.29) is 24.4 Å². The highest BCUT2D eigenvalue weighted by atomic mass is 35.5. The Morgan fingerprint density at radius 1 is 1.33 bits per heavy atom. The predicted octanol–water partition coefficient (Wildman–Crippen LogP) is 2.54. The summed E-state index contributed by atoms with van der Waals surface area (Å²) in [4.78, 5) is 16.4. The predicted molar refractivity (Wildman–Crippen MR) is 100.0 cm³/mol. The zero-order valence-corrected chi connectivity index (χ0v) is 15.9. The number of halogens is 2. The van der Waals surface area contributed by atoms with Crippen molar-refractivity contribution in [2.45, 2.75) is 32.4 Å². The van der Waals surface area contributed by atoms with Gasteiger partial charge in [-0.15, -0.1) is 12.4 Å². The molecule has 1 aliphatic heterocycles. The van der Waals surface area contributed by atoms with E-state index >= 15 is 0 Å². The average molecular weight is 376 g/mol. The third-order valence-corrected chi connectivity index (χ3v) is 4.47. The highest BCUT2D eigenvalue weighted by Crippen LogP contribution is 2.24. The lowest BCUT2D eigenvalue weighted by molar-refractivity contribution is -0.134. The van der Waals surface area contributed by atoms with Gasteiger partial charge in [0.15, 0.2) is 0 Å². The van der Waals surface area contributed by atoms with Crippen LogP contribution in [0.1, 0.15) is 25.3 Å². The molecule has 1 saturated heterocycles. The van der Waals surface area contributed by atoms with Crippen LogP contribution < -0.4 is 10.5 Å². The number of nitrogens with two attached hydrogens (primary N) is 1. The van der Waals surface area contributed by atoms with Crippen LogP contribution in [0.25, 0.3) is 0 Å². The Labute approximate surface area is 155 Å². The van der Waals surface area contributed by atoms with Gasteiger partial charge < -0.3 is 15.4 Å². The molecule has 1 aliphatic rings. The van der Waals surface area contributed by atoms with E-state index in [9.17, 15) is 4.79 Å². The van der Waals surface area contributed by atoms with Gasteiger partial charge in [-0.1, -0.05) is 24.9 Å². The number of hydrogen-bond acceptors (Lipinski definition) is 4. The van der Waals surface area contributed by atoms with Gasteiger partial charge in [-0.05, 0) is 24.6 Å². The minimum absolute atomic E-state index is 0. The zero-order chi connectivity index (χ0) is 16.8. The number of carbonyl (C=O) groups is 1. The molecule has 1 aromatic rings. The largest absolute Gasteiger partial charge is 0.496 e. The maximum absolute atomic E-state index is 12.2. The van der Waals surface area contributed by atoms with Crippen molar-refractivity contribution in [1.29, 1.82) is 0 Å². The van der Waals surface area contributed by atoms with E-state index in [4.69, 9.17) is 22.1 Å². The molecule has 1 aromatic carbocycles. The van der Waals surface area contributed by atoms with Crippen LogP contribution in [-0.4, -0.2) is 55.0 Å². The monoisotopic (exact) mass is 375 g/mol. The molecule has 5 nitrogen and oxygen atoms in total. The van der Waals surface area contributed by atoms with Crippen LogP contribution in [-0.2, 0) is 11.3 Å². The fourth-order valence-electron chi connectivity index (χ4n) is 2.91. The van der Waals surface area contributed by atoms with Crippen LogP contribution in [0.2, 0.25) is 5.02 Å². The first-order valence-electron chi connectivity index (χ1n) is 8.14. The van der Waals surface area contributed by atoms with E-state index in [0.717, 1.165) is 56.9 Å². The molecular formula is C17H27Cl2N3O2. The lowest BCUT2D eigenvalue weighted by Gasteiger charge is -2.36. The molecule has 0 aromatic heterocycles. The third-order valence-electron chi connectivity index (χ3n) is 4.24. The molecule has 2 rings (SSSR count). The molecule has 1 fully saturated rings. The van der Waals surface area contributed by atoms with Gasteiger partial charge in [0.25, 0.3) is 0 Å². The molecular weight excluding hydrogens is 349 g/mol. The standard InChI is InChI=1S/C17H26ClN3O2.ClH/c1-3-4-15(19)17(22)21-9-7-20(8-10-21)12-13-11-14(18)5-6-16(13)23-2;/h5-6,11,15H,3-4,7-10,12,19H2,1-2H3;1H. The fraction of sp³-hybridized carbons (Fsp3) is 0.588. The normalized spacial score (nSPS) is 16.4. The molecule has 24 heavy (non-hydrogen) atoms. The number of carbonyl (C=O) groups excluding carboxylic acids is 1. The average Bonchev–Trinajstić information content (AvgIpc) is 2.55. The van der Waals surface area contributed by atoms with Crippen LogP contribution in [0.4, 0.5) is 0 Å². The number of rotatable bonds is 6. The molecule has 7 heteroatoms. The molecule has 0 aliphatic carbocycles. The summed E-state index contributed by atoms with van der Waals surface area (Å²) >= 11 is 6.08. The molecule has 1 heterocycles. The second-order valence-corrected chi connectivity index (χ2v) is 6.39. The van der Waals surface area contributed by atoms with Crippen molar-refractivity contribution in [3.05, 3.63) is 28.8 Å². The summed E-state index contributed by atoms with van der Waals surface area (Å²) in [6.45, 7) is 5.93. The second-order valence-electron chi connectivity index (χ2n) is 5.95. The minimum Gasteiger partial charge on any atom is -0.496 e. The Hall–Kier alpha value is -1.01. The first-order chi connectivity index (χ1) is 11.0. The lowest BCUT2D eigenvalue weighted by atomic mass is 10.1. The van der Waals surface area contributed by atoms with Crippen molar-refractivity contribution >= 4 is 29.9 Å².